The SMILES string of the molecule is COc1ccc(N(C)C(=S)Oc2ccc3nccnc3c2)cc1. The van der Waals surface area contributed by atoms with E-state index in [1.54, 1.807) is 24.4 Å². The van der Waals surface area contributed by atoms with E-state index in [0.717, 1.165) is 22.5 Å². The Balaban J connectivity index is 1.76. The lowest BCUT2D eigenvalue weighted by Gasteiger charge is -2.20. The van der Waals surface area contributed by atoms with Gasteiger partial charge in [-0.2, -0.15) is 0 Å². The number of anilines is 1. The summed E-state index contributed by atoms with van der Waals surface area (Å²) >= 11 is 5.36. The van der Waals surface area contributed by atoms with E-state index >= 15 is 0 Å². The normalized spacial score (nSPS) is 10.3. The Morgan fingerprint density at radius 1 is 0.957 bits per heavy atom. The fraction of sp³-hybridized carbons (Fsp3) is 0.118. The summed E-state index contributed by atoms with van der Waals surface area (Å²) in [6.45, 7) is 0. The zero-order valence-corrected chi connectivity index (χ0v) is 13.6. The number of benzene rings is 2. The van der Waals surface area contributed by atoms with Crippen LogP contribution in [0.5, 0.6) is 11.5 Å². The molecule has 3 rings (SSSR count). The smallest absolute Gasteiger partial charge is 0.269 e. The molecule has 23 heavy (non-hydrogen) atoms. The van der Waals surface area contributed by atoms with Crippen molar-refractivity contribution in [3.8, 4) is 11.5 Å². The lowest BCUT2D eigenvalue weighted by molar-refractivity contribution is 0.415. The van der Waals surface area contributed by atoms with Crippen LogP contribution in [0, 0.1) is 0 Å². The van der Waals surface area contributed by atoms with Crippen LogP contribution in [-0.2, 0) is 0 Å². The molecule has 0 saturated heterocycles. The Bertz CT molecular complexity index is 837. The number of ether oxygens (including phenoxy) is 2. The molecule has 0 unspecified atom stereocenters. The molecule has 6 heteroatoms. The van der Waals surface area contributed by atoms with Crippen LogP contribution in [0.15, 0.2) is 54.9 Å². The lowest BCUT2D eigenvalue weighted by Crippen LogP contribution is -2.29. The minimum Gasteiger partial charge on any atom is -0.497 e. The summed E-state index contributed by atoms with van der Waals surface area (Å²) in [7, 11) is 3.49. The van der Waals surface area contributed by atoms with Gasteiger partial charge >= 0.3 is 0 Å². The highest BCUT2D eigenvalue weighted by atomic mass is 32.1. The monoisotopic (exact) mass is 325 g/mol. The van der Waals surface area contributed by atoms with Crippen molar-refractivity contribution in [3.63, 3.8) is 0 Å². The molecule has 0 N–H and O–H groups in total. The van der Waals surface area contributed by atoms with Gasteiger partial charge in [0.05, 0.1) is 18.1 Å². The van der Waals surface area contributed by atoms with Crippen LogP contribution in [0.25, 0.3) is 11.0 Å². The molecule has 3 aromatic rings. The predicted molar refractivity (Wildman–Crippen MR) is 94.2 cm³/mol. The van der Waals surface area contributed by atoms with Crippen molar-refractivity contribution >= 4 is 34.1 Å². The van der Waals surface area contributed by atoms with Gasteiger partial charge in [0.1, 0.15) is 11.5 Å². The third-order valence-electron chi connectivity index (χ3n) is 3.38. The molecule has 0 fully saturated rings. The fourth-order valence-electron chi connectivity index (χ4n) is 2.09. The van der Waals surface area contributed by atoms with Crippen LogP contribution in [0.1, 0.15) is 0 Å². The third-order valence-corrected chi connectivity index (χ3v) is 3.74. The topological polar surface area (TPSA) is 47.5 Å². The van der Waals surface area contributed by atoms with Crippen molar-refractivity contribution in [2.75, 3.05) is 19.1 Å². The Morgan fingerprint density at radius 2 is 1.61 bits per heavy atom. The van der Waals surface area contributed by atoms with Gasteiger partial charge in [0, 0.05) is 31.2 Å². The highest BCUT2D eigenvalue weighted by Gasteiger charge is 2.10. The van der Waals surface area contributed by atoms with Crippen molar-refractivity contribution in [1.29, 1.82) is 0 Å². The second kappa shape index (κ2) is 6.58. The van der Waals surface area contributed by atoms with Crippen molar-refractivity contribution in [2.45, 2.75) is 0 Å². The quantitative estimate of drug-likeness (QED) is 0.688. The summed E-state index contributed by atoms with van der Waals surface area (Å²) in [4.78, 5) is 10.3. The number of methoxy groups -OCH3 is 1. The lowest BCUT2D eigenvalue weighted by atomic mass is 10.3. The van der Waals surface area contributed by atoms with E-state index in [4.69, 9.17) is 21.7 Å². The molecule has 0 aliphatic rings. The summed E-state index contributed by atoms with van der Waals surface area (Å²) in [5, 5.41) is 0.346. The maximum Gasteiger partial charge on any atom is 0.269 e. The molecule has 0 bridgehead atoms. The molecule has 116 valence electrons. The Kier molecular flexibility index (Phi) is 4.34. The largest absolute Gasteiger partial charge is 0.497 e. The van der Waals surface area contributed by atoms with Crippen LogP contribution in [0.2, 0.25) is 0 Å². The van der Waals surface area contributed by atoms with E-state index in [1.165, 1.54) is 0 Å². The van der Waals surface area contributed by atoms with E-state index in [9.17, 15) is 0 Å². The van der Waals surface area contributed by atoms with Crippen molar-refractivity contribution in [3.05, 3.63) is 54.9 Å². The summed E-state index contributed by atoms with van der Waals surface area (Å²) in [6.07, 6.45) is 3.30. The van der Waals surface area contributed by atoms with Crippen LogP contribution in [-0.4, -0.2) is 29.3 Å². The first kappa shape index (κ1) is 15.2. The summed E-state index contributed by atoms with van der Waals surface area (Å²) in [6, 6.07) is 13.1. The average Bonchev–Trinajstić information content (AvgIpc) is 2.61. The van der Waals surface area contributed by atoms with E-state index in [1.807, 2.05) is 49.5 Å². The minimum absolute atomic E-state index is 0.346. The maximum absolute atomic E-state index is 5.75. The van der Waals surface area contributed by atoms with Crippen molar-refractivity contribution in [1.82, 2.24) is 9.97 Å². The van der Waals surface area contributed by atoms with E-state index < -0.39 is 0 Å². The van der Waals surface area contributed by atoms with Gasteiger partial charge in [0.15, 0.2) is 0 Å². The number of aromatic nitrogens is 2. The number of hydrogen-bond donors (Lipinski definition) is 0. The van der Waals surface area contributed by atoms with Gasteiger partial charge in [-0.3, -0.25) is 9.97 Å². The molecule has 0 amide bonds. The first-order valence-corrected chi connectivity index (χ1v) is 7.38. The maximum atomic E-state index is 5.75. The zero-order valence-electron chi connectivity index (χ0n) is 12.8. The summed E-state index contributed by atoms with van der Waals surface area (Å²) in [5.74, 6) is 1.42. The average molecular weight is 325 g/mol. The second-order valence-corrected chi connectivity index (χ2v) is 5.18. The second-order valence-electron chi connectivity index (χ2n) is 4.83. The molecule has 0 aliphatic heterocycles. The van der Waals surface area contributed by atoms with Crippen molar-refractivity contribution in [2.24, 2.45) is 0 Å². The Morgan fingerprint density at radius 3 is 2.30 bits per heavy atom. The van der Waals surface area contributed by atoms with Crippen LogP contribution in [0.3, 0.4) is 0 Å². The first-order chi connectivity index (χ1) is 11.2. The van der Waals surface area contributed by atoms with Gasteiger partial charge in [0.25, 0.3) is 5.17 Å². The summed E-state index contributed by atoms with van der Waals surface area (Å²) in [5.41, 5.74) is 2.49. The molecule has 0 radical (unpaired) electrons. The molecule has 1 aromatic heterocycles. The Hall–Kier alpha value is -2.73. The minimum atomic E-state index is 0.346. The van der Waals surface area contributed by atoms with Gasteiger partial charge < -0.3 is 14.4 Å². The highest BCUT2D eigenvalue weighted by Crippen LogP contribution is 2.21. The van der Waals surface area contributed by atoms with Gasteiger partial charge in [0.2, 0.25) is 0 Å². The predicted octanol–water partition coefficient (Wildman–Crippen LogP) is 3.44. The molecule has 0 aliphatic carbocycles. The number of fused-ring (bicyclic) bond motifs is 1. The van der Waals surface area contributed by atoms with E-state index in [0.29, 0.717) is 10.9 Å². The van der Waals surface area contributed by atoms with E-state index in [-0.39, 0.29) is 0 Å². The number of thiocarbonyl (C=S) groups is 1. The Labute approximate surface area is 139 Å². The molecule has 0 saturated carbocycles. The van der Waals surface area contributed by atoms with Gasteiger partial charge in [-0.25, -0.2) is 0 Å². The molecular weight excluding hydrogens is 310 g/mol. The van der Waals surface area contributed by atoms with E-state index in [2.05, 4.69) is 9.97 Å². The number of hydrogen-bond acceptors (Lipinski definition) is 5. The number of nitrogens with zero attached hydrogens (tertiary/aromatic N) is 3. The molecule has 1 heterocycles. The molecule has 5 nitrogen and oxygen atoms in total. The van der Waals surface area contributed by atoms with Crippen LogP contribution < -0.4 is 14.4 Å². The summed E-state index contributed by atoms with van der Waals surface area (Å²) < 4.78 is 10.9. The molecule has 2 aromatic carbocycles. The zero-order chi connectivity index (χ0) is 16.2. The number of rotatable bonds is 3. The van der Waals surface area contributed by atoms with Crippen LogP contribution in [0.4, 0.5) is 5.69 Å². The van der Waals surface area contributed by atoms with Gasteiger partial charge in [-0.1, -0.05) is 0 Å². The molecular formula is C17H15N3O2S. The molecule has 0 atom stereocenters. The highest BCUT2D eigenvalue weighted by molar-refractivity contribution is 7.80. The fourth-order valence-corrected chi connectivity index (χ4v) is 2.29. The van der Waals surface area contributed by atoms with Gasteiger partial charge in [-0.15, -0.1) is 0 Å². The van der Waals surface area contributed by atoms with Crippen molar-refractivity contribution < 1.29 is 9.47 Å². The van der Waals surface area contributed by atoms with Gasteiger partial charge in [-0.05, 0) is 48.6 Å². The standard InChI is InChI=1S/C17H15N3O2S/c1-20(12-3-5-13(21-2)6-4-12)17(23)22-14-7-8-15-16(11-14)19-10-9-18-15/h3-11H,1-2H3. The molecule has 0 spiro atoms. The van der Waals surface area contributed by atoms with Crippen LogP contribution >= 0.6 is 12.2 Å². The first-order valence-electron chi connectivity index (χ1n) is 6.98. The third kappa shape index (κ3) is 3.37.